The van der Waals surface area contributed by atoms with Gasteiger partial charge in [0.15, 0.2) is 17.7 Å². The molecule has 2 fully saturated rings. The van der Waals surface area contributed by atoms with Gasteiger partial charge in [-0.25, -0.2) is 14.6 Å². The molecule has 3 aromatic rings. The largest absolute Gasteiger partial charge is 0.394 e. The van der Waals surface area contributed by atoms with E-state index in [1.54, 1.807) is 10.9 Å². The third-order valence-electron chi connectivity index (χ3n) is 7.93. The number of carbonyl (C=O) groups excluding carboxylic acids is 1. The van der Waals surface area contributed by atoms with E-state index in [4.69, 9.17) is 39.6 Å². The minimum Gasteiger partial charge on any atom is -0.394 e. The lowest BCUT2D eigenvalue weighted by atomic mass is 10.1. The smallest absolute Gasteiger partial charge is 0.222 e. The van der Waals surface area contributed by atoms with Crippen molar-refractivity contribution < 1.29 is 43.1 Å². The molecule has 3 N–H and O–H groups in total. The number of aromatic nitrogens is 4. The quantitative estimate of drug-likeness (QED) is 0.117. The maximum Gasteiger partial charge on any atom is 0.222 e. The molecular weight excluding hydrogens is 636 g/mol. The van der Waals surface area contributed by atoms with Gasteiger partial charge in [0.25, 0.3) is 0 Å². The second kappa shape index (κ2) is 17.8. The number of amides is 1. The summed E-state index contributed by atoms with van der Waals surface area (Å²) in [6, 6.07) is 7.88. The highest BCUT2D eigenvalue weighted by atomic mass is 16.8. The first-order valence-corrected chi connectivity index (χ1v) is 16.4. The number of nitrogens with zero attached hydrogens (tertiary/aromatic N) is 4. The summed E-state index contributed by atoms with van der Waals surface area (Å²) in [5, 5.41) is 21.6. The van der Waals surface area contributed by atoms with Crippen LogP contribution in [0.2, 0.25) is 0 Å². The van der Waals surface area contributed by atoms with E-state index in [2.05, 4.69) is 31.6 Å². The Morgan fingerprint density at radius 3 is 2.33 bits per heavy atom. The molecule has 15 nitrogen and oxygen atoms in total. The Morgan fingerprint density at radius 1 is 0.980 bits per heavy atom. The summed E-state index contributed by atoms with van der Waals surface area (Å²) in [7, 11) is 0. The predicted octanol–water partition coefficient (Wildman–Crippen LogP) is 1.86. The second-order valence-electron chi connectivity index (χ2n) is 12.0. The molecule has 15 heteroatoms. The van der Waals surface area contributed by atoms with Crippen LogP contribution in [-0.4, -0.2) is 114 Å². The van der Waals surface area contributed by atoms with Crippen molar-refractivity contribution in [3.8, 4) is 12.3 Å². The van der Waals surface area contributed by atoms with E-state index in [9.17, 15) is 9.90 Å². The maximum atomic E-state index is 12.5. The second-order valence-corrected chi connectivity index (χ2v) is 12.0. The van der Waals surface area contributed by atoms with Crippen LogP contribution in [0.5, 0.6) is 0 Å². The van der Waals surface area contributed by atoms with Crippen molar-refractivity contribution in [2.24, 2.45) is 0 Å². The molecule has 1 aromatic carbocycles. The molecule has 2 aliphatic rings. The molecule has 0 radical (unpaired) electrons. The van der Waals surface area contributed by atoms with E-state index in [0.29, 0.717) is 82.0 Å². The van der Waals surface area contributed by atoms with Crippen LogP contribution in [0.3, 0.4) is 0 Å². The number of aliphatic hydroxyl groups excluding tert-OH is 1. The van der Waals surface area contributed by atoms with Crippen LogP contribution in [0.4, 0.5) is 5.82 Å². The Kier molecular flexibility index (Phi) is 13.3. The topological polar surface area (TPSA) is 170 Å². The number of hydrogen-bond donors (Lipinski definition) is 3. The fourth-order valence-corrected chi connectivity index (χ4v) is 5.68. The van der Waals surface area contributed by atoms with E-state index in [1.165, 1.54) is 0 Å². The molecule has 2 aliphatic heterocycles. The first kappa shape index (κ1) is 36.6. The number of hydrogen-bond acceptors (Lipinski definition) is 13. The summed E-state index contributed by atoms with van der Waals surface area (Å²) >= 11 is 0. The van der Waals surface area contributed by atoms with Crippen LogP contribution in [0.25, 0.3) is 11.0 Å². The average Bonchev–Trinajstić information content (AvgIpc) is 3.75. The van der Waals surface area contributed by atoms with E-state index >= 15 is 0 Å². The molecular formula is C34H46N6O9. The highest BCUT2D eigenvalue weighted by Crippen LogP contribution is 2.43. The molecule has 1 amide bonds. The Balaban J connectivity index is 1.07. The Bertz CT molecular complexity index is 1560. The zero-order valence-electron chi connectivity index (χ0n) is 28.3. The molecule has 0 saturated carbocycles. The van der Waals surface area contributed by atoms with Crippen molar-refractivity contribution in [3.05, 3.63) is 47.4 Å². The molecule has 2 saturated heterocycles. The number of fused-ring (bicyclic) bond motifs is 2. The van der Waals surface area contributed by atoms with Crippen molar-refractivity contribution in [3.63, 3.8) is 0 Å². The maximum absolute atomic E-state index is 12.5. The minimum absolute atomic E-state index is 0.107. The van der Waals surface area contributed by atoms with Crippen LogP contribution in [0, 0.1) is 19.3 Å². The third-order valence-corrected chi connectivity index (χ3v) is 7.93. The Morgan fingerprint density at radius 2 is 1.63 bits per heavy atom. The molecule has 4 heterocycles. The average molecular weight is 683 g/mol. The van der Waals surface area contributed by atoms with Gasteiger partial charge in [0, 0.05) is 19.5 Å². The highest BCUT2D eigenvalue weighted by molar-refractivity contribution is 5.86. The number of aryl methyl sites for hydroxylation is 1. The van der Waals surface area contributed by atoms with Gasteiger partial charge >= 0.3 is 0 Å². The molecule has 266 valence electrons. The van der Waals surface area contributed by atoms with Crippen molar-refractivity contribution in [1.82, 2.24) is 25.1 Å². The number of terminal acetylenes is 1. The normalized spacial score (nSPS) is 21.1. The lowest BCUT2D eigenvalue weighted by molar-refractivity contribution is -0.201. The summed E-state index contributed by atoms with van der Waals surface area (Å²) in [5.74, 6) is 2.65. The predicted molar refractivity (Wildman–Crippen MR) is 177 cm³/mol. The summed E-state index contributed by atoms with van der Waals surface area (Å²) in [6.45, 7) is 9.32. The van der Waals surface area contributed by atoms with Crippen LogP contribution in [-0.2, 0) is 51.0 Å². The van der Waals surface area contributed by atoms with Gasteiger partial charge in [-0.3, -0.25) is 4.79 Å². The molecule has 2 aromatic heterocycles. The summed E-state index contributed by atoms with van der Waals surface area (Å²) in [4.78, 5) is 21.8. The summed E-state index contributed by atoms with van der Waals surface area (Å²) in [6.07, 6.45) is 4.97. The van der Waals surface area contributed by atoms with Crippen molar-refractivity contribution in [2.45, 2.75) is 70.6 Å². The fraction of sp³-hybridized carbons (Fsp3) is 0.588. The lowest BCUT2D eigenvalue weighted by Crippen LogP contribution is -2.31. The highest BCUT2D eigenvalue weighted by Gasteiger charge is 2.56. The first-order chi connectivity index (χ1) is 23.8. The number of ether oxygens (including phenoxy) is 7. The van der Waals surface area contributed by atoms with Gasteiger partial charge < -0.3 is 48.9 Å². The molecule has 49 heavy (non-hydrogen) atoms. The van der Waals surface area contributed by atoms with Gasteiger partial charge in [-0.1, -0.05) is 30.2 Å². The standard InChI is InChI=1S/C34H46N6O9/c1-5-11-43-13-15-45-17-18-46-16-14-44-12-10-28(42)35-19-24-8-6-7-9-25(24)20-36-31-26-21-37-40(32(26)39-23(2)38-31)33-30-29(27(22-41)47-33)48-34(3,4)49-30/h1,6-9,21,27,29-30,33,41H,10-20,22H2,2-4H3,(H,35,42)(H,36,38,39)/t27-,29-,30-,33-/m1/s1. The first-order valence-electron chi connectivity index (χ1n) is 16.4. The molecule has 0 bridgehead atoms. The number of benzene rings is 1. The minimum atomic E-state index is -0.808. The van der Waals surface area contributed by atoms with Crippen LogP contribution in [0.1, 0.15) is 43.4 Å². The molecule has 5 rings (SSSR count). The van der Waals surface area contributed by atoms with E-state index < -0.39 is 30.3 Å². The number of aliphatic hydroxyl groups is 1. The van der Waals surface area contributed by atoms with Crippen LogP contribution < -0.4 is 10.6 Å². The van der Waals surface area contributed by atoms with Crippen molar-refractivity contribution in [1.29, 1.82) is 0 Å². The number of nitrogens with one attached hydrogen (secondary N) is 2. The number of rotatable bonds is 20. The lowest BCUT2D eigenvalue weighted by Gasteiger charge is -2.23. The van der Waals surface area contributed by atoms with Gasteiger partial charge in [0.05, 0.1) is 64.4 Å². The molecule has 4 atom stereocenters. The monoisotopic (exact) mass is 682 g/mol. The van der Waals surface area contributed by atoms with Crippen LogP contribution >= 0.6 is 0 Å². The number of anilines is 1. The summed E-state index contributed by atoms with van der Waals surface area (Å²) in [5.41, 5.74) is 2.55. The van der Waals surface area contributed by atoms with Gasteiger partial charge in [0.1, 0.15) is 36.6 Å². The van der Waals surface area contributed by atoms with Crippen LogP contribution in [0.15, 0.2) is 30.5 Å². The SMILES string of the molecule is C#CCOCCOCCOCCOCCC(=O)NCc1ccccc1CNc1nc(C)nc2c1cnn2[C@@H]1O[C@H](CO)[C@H]2OC(C)(C)O[C@H]21. The van der Waals surface area contributed by atoms with E-state index in [0.717, 1.165) is 11.1 Å². The Hall–Kier alpha value is -3.72. The number of carbonyl (C=O) groups is 1. The molecule has 0 spiro atoms. The van der Waals surface area contributed by atoms with Gasteiger partial charge in [-0.15, -0.1) is 6.42 Å². The van der Waals surface area contributed by atoms with Gasteiger partial charge in [-0.05, 0) is 31.9 Å². The summed E-state index contributed by atoms with van der Waals surface area (Å²) < 4.78 is 41.4. The Labute approximate surface area is 285 Å². The zero-order chi connectivity index (χ0) is 34.6. The van der Waals surface area contributed by atoms with E-state index in [1.807, 2.05) is 45.0 Å². The third kappa shape index (κ3) is 9.93. The van der Waals surface area contributed by atoms with Gasteiger partial charge in [0.2, 0.25) is 5.91 Å². The van der Waals surface area contributed by atoms with E-state index in [-0.39, 0.29) is 25.5 Å². The fourth-order valence-electron chi connectivity index (χ4n) is 5.68. The molecule has 0 aliphatic carbocycles. The van der Waals surface area contributed by atoms with Crippen molar-refractivity contribution >= 4 is 22.8 Å². The van der Waals surface area contributed by atoms with Crippen molar-refractivity contribution in [2.75, 3.05) is 64.8 Å². The molecule has 0 unspecified atom stereocenters. The van der Waals surface area contributed by atoms with Gasteiger partial charge in [-0.2, -0.15) is 5.10 Å². The zero-order valence-corrected chi connectivity index (χ0v) is 28.3.